The molecule has 0 amide bonds. The molecule has 0 unspecified atom stereocenters. The highest BCUT2D eigenvalue weighted by Gasteiger charge is 2.06. The molecule has 16 heavy (non-hydrogen) atoms. The Morgan fingerprint density at radius 2 is 2.06 bits per heavy atom. The van der Waals surface area contributed by atoms with E-state index < -0.39 is 21.1 Å². The maximum absolute atomic E-state index is 11.3. The molecule has 0 bridgehead atoms. The van der Waals surface area contributed by atoms with Crippen molar-refractivity contribution in [1.29, 1.82) is 0 Å². The van der Waals surface area contributed by atoms with Crippen LogP contribution >= 0.6 is 11.6 Å². The lowest BCUT2D eigenvalue weighted by Crippen LogP contribution is -2.34. The van der Waals surface area contributed by atoms with Gasteiger partial charge in [0.05, 0.1) is 5.75 Å². The van der Waals surface area contributed by atoms with Crippen molar-refractivity contribution in [3.8, 4) is 0 Å². The van der Waals surface area contributed by atoms with Crippen LogP contribution in [0.5, 0.6) is 0 Å². The number of halogens is 1. The van der Waals surface area contributed by atoms with E-state index in [1.54, 1.807) is 0 Å². The first-order valence-corrected chi connectivity index (χ1v) is 6.91. The van der Waals surface area contributed by atoms with Gasteiger partial charge in [-0.15, -0.1) is 0 Å². The molecule has 1 aromatic heterocycles. The molecule has 8 heteroatoms. The van der Waals surface area contributed by atoms with Gasteiger partial charge in [0.1, 0.15) is 15.0 Å². The van der Waals surface area contributed by atoms with Gasteiger partial charge in [-0.2, -0.15) is 0 Å². The van der Waals surface area contributed by atoms with E-state index in [0.717, 1.165) is 16.9 Å². The van der Waals surface area contributed by atoms with Crippen molar-refractivity contribution < 1.29 is 8.42 Å². The normalized spacial score (nSPS) is 11.6. The number of hydrogen-bond donors (Lipinski definition) is 1. The zero-order chi connectivity index (χ0) is 12.3. The summed E-state index contributed by atoms with van der Waals surface area (Å²) in [7, 11) is -3.08. The Balaban J connectivity index is 2.84. The van der Waals surface area contributed by atoms with Crippen LogP contribution < -0.4 is 11.2 Å². The second-order valence-electron chi connectivity index (χ2n) is 3.40. The van der Waals surface area contributed by atoms with Crippen molar-refractivity contribution in [2.24, 2.45) is 0 Å². The number of nitrogens with one attached hydrogen (secondary N) is 1. The molecule has 0 aliphatic carbocycles. The van der Waals surface area contributed by atoms with E-state index in [-0.39, 0.29) is 23.9 Å². The van der Waals surface area contributed by atoms with Crippen LogP contribution in [0.4, 0.5) is 0 Å². The lowest BCUT2D eigenvalue weighted by Gasteiger charge is -2.03. The van der Waals surface area contributed by atoms with Crippen molar-refractivity contribution in [1.82, 2.24) is 9.55 Å². The average Bonchev–Trinajstić information content (AvgIpc) is 2.07. The zero-order valence-electron chi connectivity index (χ0n) is 8.57. The van der Waals surface area contributed by atoms with Crippen LogP contribution in [0.2, 0.25) is 5.15 Å². The van der Waals surface area contributed by atoms with Crippen LogP contribution in [-0.2, 0) is 16.4 Å². The highest BCUT2D eigenvalue weighted by molar-refractivity contribution is 7.90. The number of aromatic nitrogens is 2. The zero-order valence-corrected chi connectivity index (χ0v) is 10.1. The minimum Gasteiger partial charge on any atom is -0.298 e. The van der Waals surface area contributed by atoms with E-state index >= 15 is 0 Å². The second-order valence-corrected chi connectivity index (χ2v) is 6.06. The average molecular weight is 267 g/mol. The van der Waals surface area contributed by atoms with Gasteiger partial charge in [-0.3, -0.25) is 14.3 Å². The summed E-state index contributed by atoms with van der Waals surface area (Å²) in [5.74, 6) is -0.0679. The Labute approximate surface area is 96.8 Å². The molecule has 0 saturated heterocycles. The van der Waals surface area contributed by atoms with Gasteiger partial charge in [0, 0.05) is 18.9 Å². The molecule has 0 atom stereocenters. The number of aromatic amines is 1. The SMILES string of the molecule is CS(=O)(=O)CCCn1c(=O)cc(Cl)[nH]c1=O. The van der Waals surface area contributed by atoms with Gasteiger partial charge in [0.2, 0.25) is 0 Å². The quantitative estimate of drug-likeness (QED) is 0.753. The Kier molecular flexibility index (Phi) is 3.93. The first-order valence-electron chi connectivity index (χ1n) is 4.47. The predicted octanol–water partition coefficient (Wildman–Crippen LogP) is -0.375. The van der Waals surface area contributed by atoms with Crippen molar-refractivity contribution in [3.05, 3.63) is 32.1 Å². The van der Waals surface area contributed by atoms with Crippen molar-refractivity contribution >= 4 is 21.4 Å². The topological polar surface area (TPSA) is 89.0 Å². The highest BCUT2D eigenvalue weighted by atomic mass is 35.5. The summed E-state index contributed by atoms with van der Waals surface area (Å²) in [4.78, 5) is 24.9. The van der Waals surface area contributed by atoms with Crippen LogP contribution in [0.3, 0.4) is 0 Å². The summed E-state index contributed by atoms with van der Waals surface area (Å²) >= 11 is 5.46. The highest BCUT2D eigenvalue weighted by Crippen LogP contribution is 1.95. The van der Waals surface area contributed by atoms with Crippen LogP contribution in [0.1, 0.15) is 6.42 Å². The molecule has 0 radical (unpaired) electrons. The summed E-state index contributed by atoms with van der Waals surface area (Å²) < 4.78 is 22.6. The number of sulfone groups is 1. The molecule has 90 valence electrons. The number of hydrogen-bond acceptors (Lipinski definition) is 4. The summed E-state index contributed by atoms with van der Waals surface area (Å²) in [6.45, 7) is 0.0540. The van der Waals surface area contributed by atoms with E-state index in [4.69, 9.17) is 11.6 Å². The molecule has 0 saturated carbocycles. The maximum atomic E-state index is 11.3. The van der Waals surface area contributed by atoms with E-state index in [1.165, 1.54) is 0 Å². The Morgan fingerprint density at radius 3 is 2.56 bits per heavy atom. The van der Waals surface area contributed by atoms with Gasteiger partial charge in [-0.25, -0.2) is 13.2 Å². The van der Waals surface area contributed by atoms with E-state index in [9.17, 15) is 18.0 Å². The fourth-order valence-electron chi connectivity index (χ4n) is 1.19. The summed E-state index contributed by atoms with van der Waals surface area (Å²) in [6.07, 6.45) is 1.31. The van der Waals surface area contributed by atoms with Gasteiger partial charge in [-0.1, -0.05) is 11.6 Å². The molecule has 0 spiro atoms. The smallest absolute Gasteiger partial charge is 0.298 e. The second kappa shape index (κ2) is 4.84. The fourth-order valence-corrected chi connectivity index (χ4v) is 2.02. The summed E-state index contributed by atoms with van der Waals surface area (Å²) in [6, 6.07) is 1.07. The molecule has 6 nitrogen and oxygen atoms in total. The van der Waals surface area contributed by atoms with Gasteiger partial charge < -0.3 is 0 Å². The van der Waals surface area contributed by atoms with Crippen LogP contribution in [-0.4, -0.2) is 30.0 Å². The van der Waals surface area contributed by atoms with Gasteiger partial charge >= 0.3 is 5.69 Å². The van der Waals surface area contributed by atoms with Gasteiger partial charge in [0.25, 0.3) is 5.56 Å². The maximum Gasteiger partial charge on any atom is 0.329 e. The molecule has 1 aromatic rings. The molecule has 1 heterocycles. The van der Waals surface area contributed by atoms with Crippen LogP contribution in [0, 0.1) is 0 Å². The van der Waals surface area contributed by atoms with Gasteiger partial charge in [0.15, 0.2) is 0 Å². The largest absolute Gasteiger partial charge is 0.329 e. The molecular weight excluding hydrogens is 256 g/mol. The minimum absolute atomic E-state index is 0.0330. The first-order chi connectivity index (χ1) is 7.29. The van der Waals surface area contributed by atoms with Gasteiger partial charge in [-0.05, 0) is 6.42 Å². The van der Waals surface area contributed by atoms with Crippen LogP contribution in [0.15, 0.2) is 15.7 Å². The van der Waals surface area contributed by atoms with Crippen LogP contribution in [0.25, 0.3) is 0 Å². The standard InChI is InChI=1S/C8H11ClN2O4S/c1-16(14,15)4-2-3-11-7(12)5-6(9)10-8(11)13/h5H,2-4H2,1H3,(H,10,13). The Morgan fingerprint density at radius 1 is 1.44 bits per heavy atom. The Hall–Kier alpha value is -1.08. The molecule has 0 aliphatic heterocycles. The number of nitrogens with zero attached hydrogens (tertiary/aromatic N) is 1. The molecule has 0 fully saturated rings. The first kappa shape index (κ1) is 13.0. The minimum atomic E-state index is -3.08. The fraction of sp³-hybridized carbons (Fsp3) is 0.500. The lowest BCUT2D eigenvalue weighted by atomic mass is 10.4. The van der Waals surface area contributed by atoms with E-state index in [2.05, 4.69) is 4.98 Å². The molecule has 0 aliphatic rings. The third-order valence-electron chi connectivity index (χ3n) is 1.88. The van der Waals surface area contributed by atoms with Crippen molar-refractivity contribution in [2.45, 2.75) is 13.0 Å². The lowest BCUT2D eigenvalue weighted by molar-refractivity contribution is 0.581. The predicted molar refractivity (Wildman–Crippen MR) is 60.7 cm³/mol. The summed E-state index contributed by atoms with van der Waals surface area (Å²) in [5, 5.41) is -0.0330. The molecule has 0 aromatic carbocycles. The third kappa shape index (κ3) is 3.82. The molecular formula is C8H11ClN2O4S. The molecule has 1 rings (SSSR count). The Bertz CT molecular complexity index is 556. The van der Waals surface area contributed by atoms with Crippen molar-refractivity contribution in [3.63, 3.8) is 0 Å². The third-order valence-corrected chi connectivity index (χ3v) is 3.12. The molecule has 1 N–H and O–H groups in total. The van der Waals surface area contributed by atoms with E-state index in [1.807, 2.05) is 0 Å². The summed E-state index contributed by atoms with van der Waals surface area (Å²) in [5.41, 5.74) is -1.17. The number of rotatable bonds is 4. The van der Waals surface area contributed by atoms with E-state index in [0.29, 0.717) is 0 Å². The van der Waals surface area contributed by atoms with Crippen molar-refractivity contribution in [2.75, 3.05) is 12.0 Å². The monoisotopic (exact) mass is 266 g/mol. The number of H-pyrrole nitrogens is 1.